The van der Waals surface area contributed by atoms with Crippen molar-refractivity contribution < 1.29 is 19.1 Å². The summed E-state index contributed by atoms with van der Waals surface area (Å²) in [4.78, 5) is 33.0. The predicted molar refractivity (Wildman–Crippen MR) is 89.4 cm³/mol. The van der Waals surface area contributed by atoms with Crippen LogP contribution in [0.1, 0.15) is 28.0 Å². The SMILES string of the molecule is Cc1ccc(-c2cc(C(=O)N3C[C@@H](C(=O)O)[C@H](c4ncc[nH]4)C3)n[nH]2)o1. The third kappa shape index (κ3) is 2.77. The van der Waals surface area contributed by atoms with Gasteiger partial charge in [0.25, 0.3) is 5.91 Å². The summed E-state index contributed by atoms with van der Waals surface area (Å²) in [6, 6.07) is 5.22. The Morgan fingerprint density at radius 2 is 2.19 bits per heavy atom. The van der Waals surface area contributed by atoms with E-state index in [1.807, 2.05) is 13.0 Å². The van der Waals surface area contributed by atoms with Crippen LogP contribution in [0.25, 0.3) is 11.5 Å². The number of aryl methyl sites for hydroxylation is 1. The fourth-order valence-electron chi connectivity index (χ4n) is 3.28. The summed E-state index contributed by atoms with van der Waals surface area (Å²) < 4.78 is 5.52. The summed E-state index contributed by atoms with van der Waals surface area (Å²) in [7, 11) is 0. The highest BCUT2D eigenvalue weighted by Gasteiger charge is 2.42. The van der Waals surface area contributed by atoms with Crippen molar-refractivity contribution in [1.82, 2.24) is 25.1 Å². The molecule has 0 spiro atoms. The molecule has 134 valence electrons. The van der Waals surface area contributed by atoms with Gasteiger partial charge in [0.2, 0.25) is 0 Å². The van der Waals surface area contributed by atoms with Gasteiger partial charge in [-0.05, 0) is 19.1 Å². The maximum atomic E-state index is 12.8. The van der Waals surface area contributed by atoms with Crippen molar-refractivity contribution in [3.05, 3.63) is 47.9 Å². The number of rotatable bonds is 4. The number of imidazole rings is 1. The van der Waals surface area contributed by atoms with Crippen LogP contribution in [0.3, 0.4) is 0 Å². The van der Waals surface area contributed by atoms with E-state index in [0.717, 1.165) is 5.76 Å². The zero-order valence-corrected chi connectivity index (χ0v) is 14.0. The number of likely N-dealkylation sites (tertiary alicyclic amines) is 1. The van der Waals surface area contributed by atoms with E-state index >= 15 is 0 Å². The van der Waals surface area contributed by atoms with Gasteiger partial charge in [0, 0.05) is 37.5 Å². The molecule has 3 aromatic rings. The Kier molecular flexibility index (Phi) is 3.83. The van der Waals surface area contributed by atoms with Crippen LogP contribution in [0.2, 0.25) is 0 Å². The van der Waals surface area contributed by atoms with E-state index in [0.29, 0.717) is 17.3 Å². The molecule has 9 nitrogen and oxygen atoms in total. The average molecular weight is 355 g/mol. The first-order valence-electron chi connectivity index (χ1n) is 8.16. The van der Waals surface area contributed by atoms with E-state index in [1.165, 1.54) is 4.90 Å². The molecule has 1 aliphatic rings. The lowest BCUT2D eigenvalue weighted by Gasteiger charge is -2.14. The van der Waals surface area contributed by atoms with Crippen molar-refractivity contribution >= 4 is 11.9 Å². The van der Waals surface area contributed by atoms with E-state index in [4.69, 9.17) is 4.42 Å². The second-order valence-corrected chi connectivity index (χ2v) is 6.31. The van der Waals surface area contributed by atoms with E-state index in [-0.39, 0.29) is 30.6 Å². The third-order valence-electron chi connectivity index (χ3n) is 4.60. The van der Waals surface area contributed by atoms with Crippen molar-refractivity contribution in [2.75, 3.05) is 13.1 Å². The quantitative estimate of drug-likeness (QED) is 0.653. The minimum Gasteiger partial charge on any atom is -0.481 e. The lowest BCUT2D eigenvalue weighted by atomic mass is 9.96. The number of nitrogens with zero attached hydrogens (tertiary/aromatic N) is 3. The molecule has 1 fully saturated rings. The van der Waals surface area contributed by atoms with Crippen LogP contribution in [-0.2, 0) is 4.79 Å². The highest BCUT2D eigenvalue weighted by molar-refractivity contribution is 5.94. The zero-order chi connectivity index (χ0) is 18.3. The summed E-state index contributed by atoms with van der Waals surface area (Å²) in [6.07, 6.45) is 3.22. The molecule has 3 aromatic heterocycles. The highest BCUT2D eigenvalue weighted by Crippen LogP contribution is 2.32. The monoisotopic (exact) mass is 355 g/mol. The van der Waals surface area contributed by atoms with Crippen molar-refractivity contribution in [1.29, 1.82) is 0 Å². The average Bonchev–Trinajstić information content (AvgIpc) is 3.37. The summed E-state index contributed by atoms with van der Waals surface area (Å²) in [5, 5.41) is 16.3. The number of carbonyl (C=O) groups is 2. The molecule has 0 aliphatic carbocycles. The molecule has 26 heavy (non-hydrogen) atoms. The Bertz CT molecular complexity index is 942. The molecule has 0 radical (unpaired) electrons. The molecule has 0 unspecified atom stereocenters. The number of aromatic nitrogens is 4. The molecule has 4 rings (SSSR count). The Morgan fingerprint density at radius 1 is 1.35 bits per heavy atom. The highest BCUT2D eigenvalue weighted by atomic mass is 16.4. The molecule has 4 heterocycles. The predicted octanol–water partition coefficient (Wildman–Crippen LogP) is 1.64. The second kappa shape index (κ2) is 6.17. The Morgan fingerprint density at radius 3 is 2.85 bits per heavy atom. The van der Waals surface area contributed by atoms with Gasteiger partial charge in [-0.15, -0.1) is 0 Å². The van der Waals surface area contributed by atoms with E-state index in [1.54, 1.807) is 24.5 Å². The molecule has 2 atom stereocenters. The summed E-state index contributed by atoms with van der Waals surface area (Å²) >= 11 is 0. The molecule has 0 aromatic carbocycles. The molecular weight excluding hydrogens is 338 g/mol. The van der Waals surface area contributed by atoms with Crippen molar-refractivity contribution in [2.45, 2.75) is 12.8 Å². The van der Waals surface area contributed by atoms with Gasteiger partial charge in [0.1, 0.15) is 17.3 Å². The molecular formula is C17H17N5O4. The number of amides is 1. The number of aliphatic carboxylic acids is 1. The van der Waals surface area contributed by atoms with E-state index in [9.17, 15) is 14.7 Å². The van der Waals surface area contributed by atoms with Crippen LogP contribution >= 0.6 is 0 Å². The standard InChI is InChI=1S/C17H17N5O4/c1-9-2-3-14(26-9)12-6-13(21-20-12)16(23)22-7-10(11(8-22)17(24)25)15-18-4-5-19-15/h2-6,10-11H,7-8H2,1H3,(H,18,19)(H,20,21)(H,24,25)/t10-,11-/m1/s1. The lowest BCUT2D eigenvalue weighted by Crippen LogP contribution is -2.30. The normalized spacial score (nSPS) is 19.8. The number of H-pyrrole nitrogens is 2. The first kappa shape index (κ1) is 16.1. The molecule has 1 amide bonds. The number of carboxylic acid groups (broad SMARTS) is 1. The molecule has 0 saturated carbocycles. The number of aromatic amines is 2. The number of carboxylic acids is 1. The van der Waals surface area contributed by atoms with Gasteiger partial charge in [-0.3, -0.25) is 14.7 Å². The Labute approximate surface area is 148 Å². The van der Waals surface area contributed by atoms with Gasteiger partial charge < -0.3 is 19.4 Å². The molecule has 1 aliphatic heterocycles. The van der Waals surface area contributed by atoms with Crippen LogP contribution in [0.5, 0.6) is 0 Å². The van der Waals surface area contributed by atoms with Crippen molar-refractivity contribution in [2.24, 2.45) is 5.92 Å². The number of hydrogen-bond donors (Lipinski definition) is 3. The Balaban J connectivity index is 1.55. The largest absolute Gasteiger partial charge is 0.481 e. The number of hydrogen-bond acceptors (Lipinski definition) is 5. The smallest absolute Gasteiger partial charge is 0.309 e. The molecule has 9 heteroatoms. The number of carbonyl (C=O) groups excluding carboxylic acids is 1. The zero-order valence-electron chi connectivity index (χ0n) is 14.0. The summed E-state index contributed by atoms with van der Waals surface area (Å²) in [5.74, 6) is -0.443. The molecule has 1 saturated heterocycles. The van der Waals surface area contributed by atoms with E-state index in [2.05, 4.69) is 20.2 Å². The second-order valence-electron chi connectivity index (χ2n) is 6.31. The third-order valence-corrected chi connectivity index (χ3v) is 4.60. The van der Waals surface area contributed by atoms with Crippen LogP contribution in [0.15, 0.2) is 35.0 Å². The lowest BCUT2D eigenvalue weighted by molar-refractivity contribution is -0.141. The fraction of sp³-hybridized carbons (Fsp3) is 0.294. The van der Waals surface area contributed by atoms with Gasteiger partial charge in [-0.25, -0.2) is 4.98 Å². The minimum atomic E-state index is -0.949. The number of nitrogens with one attached hydrogen (secondary N) is 2. The maximum absolute atomic E-state index is 12.8. The van der Waals surface area contributed by atoms with Crippen molar-refractivity contribution in [3.63, 3.8) is 0 Å². The maximum Gasteiger partial charge on any atom is 0.309 e. The Hall–Kier alpha value is -3.36. The van der Waals surface area contributed by atoms with Gasteiger partial charge in [-0.2, -0.15) is 5.10 Å². The summed E-state index contributed by atoms with van der Waals surface area (Å²) in [6.45, 7) is 2.21. The molecule has 3 N–H and O–H groups in total. The van der Waals surface area contributed by atoms with Crippen LogP contribution < -0.4 is 0 Å². The van der Waals surface area contributed by atoms with Gasteiger partial charge in [0.05, 0.1) is 5.92 Å². The fourth-order valence-corrected chi connectivity index (χ4v) is 3.28. The van der Waals surface area contributed by atoms with Crippen molar-refractivity contribution in [3.8, 4) is 11.5 Å². The van der Waals surface area contributed by atoms with Crippen LogP contribution in [0.4, 0.5) is 0 Å². The van der Waals surface area contributed by atoms with E-state index < -0.39 is 11.9 Å². The summed E-state index contributed by atoms with van der Waals surface area (Å²) in [5.41, 5.74) is 0.816. The van der Waals surface area contributed by atoms with Gasteiger partial charge >= 0.3 is 5.97 Å². The molecule has 0 bridgehead atoms. The first-order valence-corrected chi connectivity index (χ1v) is 8.16. The van der Waals surface area contributed by atoms with Gasteiger partial charge in [0.15, 0.2) is 11.5 Å². The van der Waals surface area contributed by atoms with Crippen LogP contribution in [0, 0.1) is 12.8 Å². The topological polar surface area (TPSA) is 128 Å². The first-order chi connectivity index (χ1) is 12.5. The van der Waals surface area contributed by atoms with Crippen LogP contribution in [-0.4, -0.2) is 55.1 Å². The number of furan rings is 1. The van der Waals surface area contributed by atoms with Gasteiger partial charge in [-0.1, -0.05) is 0 Å². The minimum absolute atomic E-state index is 0.113.